The zero-order valence-electron chi connectivity index (χ0n) is 12.4. The highest BCUT2D eigenvalue weighted by molar-refractivity contribution is 5.83. The third kappa shape index (κ3) is 6.36. The molecule has 0 unspecified atom stereocenters. The van der Waals surface area contributed by atoms with Crippen molar-refractivity contribution in [2.45, 2.75) is 33.1 Å². The summed E-state index contributed by atoms with van der Waals surface area (Å²) in [5, 5.41) is 2.86. The summed E-state index contributed by atoms with van der Waals surface area (Å²) in [5.41, 5.74) is 1.28. The van der Waals surface area contributed by atoms with Crippen molar-refractivity contribution in [3.05, 3.63) is 35.9 Å². The minimum atomic E-state index is -0.0817. The summed E-state index contributed by atoms with van der Waals surface area (Å²) < 4.78 is 0. The van der Waals surface area contributed by atoms with E-state index in [9.17, 15) is 9.59 Å². The molecule has 0 spiro atoms. The molecule has 4 nitrogen and oxygen atoms in total. The van der Waals surface area contributed by atoms with Crippen LogP contribution in [0, 0.1) is 0 Å². The largest absolute Gasteiger partial charge is 0.355 e. The molecule has 1 aromatic carbocycles. The van der Waals surface area contributed by atoms with Crippen LogP contribution in [0.2, 0.25) is 0 Å². The van der Waals surface area contributed by atoms with Gasteiger partial charge in [-0.2, -0.15) is 0 Å². The maximum Gasteiger partial charge on any atom is 0.239 e. The zero-order valence-corrected chi connectivity index (χ0v) is 12.4. The second-order valence-electron chi connectivity index (χ2n) is 4.88. The van der Waals surface area contributed by atoms with Crippen molar-refractivity contribution in [3.8, 4) is 0 Å². The van der Waals surface area contributed by atoms with Gasteiger partial charge in [-0.1, -0.05) is 37.3 Å². The highest BCUT2D eigenvalue weighted by atomic mass is 16.2. The molecule has 0 saturated heterocycles. The molecule has 0 bridgehead atoms. The second-order valence-corrected chi connectivity index (χ2v) is 4.88. The third-order valence-electron chi connectivity index (χ3n) is 3.08. The van der Waals surface area contributed by atoms with Crippen molar-refractivity contribution >= 4 is 11.8 Å². The van der Waals surface area contributed by atoms with E-state index in [0.29, 0.717) is 13.1 Å². The number of nitrogens with zero attached hydrogens (tertiary/aromatic N) is 1. The van der Waals surface area contributed by atoms with Gasteiger partial charge in [0.05, 0.1) is 6.54 Å². The van der Waals surface area contributed by atoms with Crippen molar-refractivity contribution in [1.82, 2.24) is 10.2 Å². The van der Waals surface area contributed by atoms with Gasteiger partial charge in [0.1, 0.15) is 0 Å². The Hall–Kier alpha value is -1.84. The Morgan fingerprint density at radius 2 is 1.90 bits per heavy atom. The summed E-state index contributed by atoms with van der Waals surface area (Å²) in [6.07, 6.45) is 2.72. The number of nitrogens with one attached hydrogen (secondary N) is 1. The lowest BCUT2D eigenvalue weighted by molar-refractivity contribution is -0.134. The SMILES string of the molecule is CCCN(CC(=O)NCCCc1ccccc1)C(C)=O. The van der Waals surface area contributed by atoms with E-state index in [4.69, 9.17) is 0 Å². The highest BCUT2D eigenvalue weighted by Crippen LogP contribution is 2.01. The number of carbonyl (C=O) groups excluding carboxylic acids is 2. The summed E-state index contributed by atoms with van der Waals surface area (Å²) in [5.74, 6) is -0.131. The van der Waals surface area contributed by atoms with Gasteiger partial charge in [-0.15, -0.1) is 0 Å². The van der Waals surface area contributed by atoms with E-state index in [1.807, 2.05) is 25.1 Å². The lowest BCUT2D eigenvalue weighted by Crippen LogP contribution is -2.40. The van der Waals surface area contributed by atoms with Gasteiger partial charge in [-0.25, -0.2) is 0 Å². The first-order valence-electron chi connectivity index (χ1n) is 7.19. The van der Waals surface area contributed by atoms with Crippen molar-refractivity contribution in [3.63, 3.8) is 0 Å². The molecular formula is C16H24N2O2. The number of carbonyl (C=O) groups is 2. The Balaban J connectivity index is 2.21. The van der Waals surface area contributed by atoms with Crippen LogP contribution in [0.5, 0.6) is 0 Å². The van der Waals surface area contributed by atoms with E-state index in [2.05, 4.69) is 17.4 Å². The van der Waals surface area contributed by atoms with E-state index >= 15 is 0 Å². The molecule has 0 atom stereocenters. The van der Waals surface area contributed by atoms with E-state index in [1.54, 1.807) is 4.90 Å². The van der Waals surface area contributed by atoms with Crippen molar-refractivity contribution in [1.29, 1.82) is 0 Å². The van der Waals surface area contributed by atoms with Crippen LogP contribution in [0.15, 0.2) is 30.3 Å². The maximum absolute atomic E-state index is 11.7. The molecule has 2 amide bonds. The van der Waals surface area contributed by atoms with Gasteiger partial charge in [0.2, 0.25) is 11.8 Å². The summed E-state index contributed by atoms with van der Waals surface area (Å²) in [4.78, 5) is 24.6. The molecule has 0 aliphatic heterocycles. The number of aryl methyl sites for hydroxylation is 1. The van der Waals surface area contributed by atoms with E-state index < -0.39 is 0 Å². The van der Waals surface area contributed by atoms with Crippen LogP contribution in [0.4, 0.5) is 0 Å². The first-order chi connectivity index (χ1) is 9.63. The Labute approximate surface area is 121 Å². The molecule has 0 aromatic heterocycles. The molecule has 1 N–H and O–H groups in total. The molecule has 0 heterocycles. The minimum Gasteiger partial charge on any atom is -0.355 e. The first-order valence-corrected chi connectivity index (χ1v) is 7.19. The molecule has 1 aromatic rings. The second kappa shape index (κ2) is 9.13. The maximum atomic E-state index is 11.7. The monoisotopic (exact) mass is 276 g/mol. The fourth-order valence-corrected chi connectivity index (χ4v) is 2.01. The van der Waals surface area contributed by atoms with Crippen molar-refractivity contribution in [2.75, 3.05) is 19.6 Å². The molecule has 4 heteroatoms. The number of rotatable bonds is 8. The molecule has 0 radical (unpaired) electrons. The fourth-order valence-electron chi connectivity index (χ4n) is 2.01. The van der Waals surface area contributed by atoms with Crippen LogP contribution in [0.25, 0.3) is 0 Å². The normalized spacial score (nSPS) is 10.1. The standard InChI is InChI=1S/C16H24N2O2/c1-3-12-18(14(2)19)13-16(20)17-11-7-10-15-8-5-4-6-9-15/h4-6,8-9H,3,7,10-13H2,1-2H3,(H,17,20). The van der Waals surface area contributed by atoms with Crippen LogP contribution < -0.4 is 5.32 Å². The summed E-state index contributed by atoms with van der Waals surface area (Å²) in [6, 6.07) is 10.2. The predicted molar refractivity (Wildman–Crippen MR) is 80.3 cm³/mol. The lowest BCUT2D eigenvalue weighted by Gasteiger charge is -2.19. The average molecular weight is 276 g/mol. The van der Waals surface area contributed by atoms with Gasteiger partial charge in [0.25, 0.3) is 0 Å². The summed E-state index contributed by atoms with van der Waals surface area (Å²) >= 11 is 0. The van der Waals surface area contributed by atoms with Crippen LogP contribution in [-0.4, -0.2) is 36.3 Å². The van der Waals surface area contributed by atoms with Crippen molar-refractivity contribution in [2.24, 2.45) is 0 Å². The van der Waals surface area contributed by atoms with Gasteiger partial charge in [0.15, 0.2) is 0 Å². The number of hydrogen-bond acceptors (Lipinski definition) is 2. The molecule has 110 valence electrons. The number of hydrogen-bond donors (Lipinski definition) is 1. The Morgan fingerprint density at radius 1 is 1.20 bits per heavy atom. The van der Waals surface area contributed by atoms with Crippen LogP contribution >= 0.6 is 0 Å². The topological polar surface area (TPSA) is 49.4 Å². The van der Waals surface area contributed by atoms with Gasteiger partial charge in [0, 0.05) is 20.0 Å². The van der Waals surface area contributed by atoms with E-state index in [-0.39, 0.29) is 18.4 Å². The average Bonchev–Trinajstić information content (AvgIpc) is 2.44. The zero-order chi connectivity index (χ0) is 14.8. The lowest BCUT2D eigenvalue weighted by atomic mass is 10.1. The van der Waals surface area contributed by atoms with E-state index in [1.165, 1.54) is 12.5 Å². The number of amides is 2. The molecule has 0 aliphatic carbocycles. The Morgan fingerprint density at radius 3 is 2.50 bits per heavy atom. The first kappa shape index (κ1) is 16.2. The molecule has 1 rings (SSSR count). The Bertz CT molecular complexity index is 418. The highest BCUT2D eigenvalue weighted by Gasteiger charge is 2.11. The van der Waals surface area contributed by atoms with E-state index in [0.717, 1.165) is 19.3 Å². The molecule has 0 aliphatic rings. The fraction of sp³-hybridized carbons (Fsp3) is 0.500. The van der Waals surface area contributed by atoms with Gasteiger partial charge in [-0.3, -0.25) is 9.59 Å². The third-order valence-corrected chi connectivity index (χ3v) is 3.08. The molecule has 20 heavy (non-hydrogen) atoms. The van der Waals surface area contributed by atoms with Crippen molar-refractivity contribution < 1.29 is 9.59 Å². The van der Waals surface area contributed by atoms with Gasteiger partial charge in [-0.05, 0) is 24.8 Å². The predicted octanol–water partition coefficient (Wildman–Crippen LogP) is 1.99. The van der Waals surface area contributed by atoms with Crippen LogP contribution in [0.1, 0.15) is 32.3 Å². The van der Waals surface area contributed by atoms with Gasteiger partial charge >= 0.3 is 0 Å². The van der Waals surface area contributed by atoms with Crippen LogP contribution in [-0.2, 0) is 16.0 Å². The summed E-state index contributed by atoms with van der Waals surface area (Å²) in [7, 11) is 0. The van der Waals surface area contributed by atoms with Crippen LogP contribution in [0.3, 0.4) is 0 Å². The quantitative estimate of drug-likeness (QED) is 0.738. The smallest absolute Gasteiger partial charge is 0.239 e. The Kier molecular flexibility index (Phi) is 7.40. The molecular weight excluding hydrogens is 252 g/mol. The molecule has 0 saturated carbocycles. The number of benzene rings is 1. The molecule has 0 fully saturated rings. The summed E-state index contributed by atoms with van der Waals surface area (Å²) in [6.45, 7) is 4.93. The minimum absolute atomic E-state index is 0.0497. The van der Waals surface area contributed by atoms with Gasteiger partial charge < -0.3 is 10.2 Å².